The number of nitrogens with zero attached hydrogens (tertiary/aromatic N) is 4. The lowest BCUT2D eigenvalue weighted by Gasteiger charge is -2.12. The number of hydrogen-bond donors (Lipinski definition) is 2. The van der Waals surface area contributed by atoms with Gasteiger partial charge in [0.15, 0.2) is 11.7 Å². The summed E-state index contributed by atoms with van der Waals surface area (Å²) in [5, 5.41) is 7.62. The first kappa shape index (κ1) is 21.8. The zero-order valence-corrected chi connectivity index (χ0v) is 17.3. The summed E-state index contributed by atoms with van der Waals surface area (Å²) in [5.41, 5.74) is 0.321. The predicted octanol–water partition coefficient (Wildman–Crippen LogP) is 3.70. The molecule has 3 aromatic rings. The highest BCUT2D eigenvalue weighted by Gasteiger charge is 2.33. The van der Waals surface area contributed by atoms with Gasteiger partial charge in [0.1, 0.15) is 10.8 Å². The maximum atomic E-state index is 12.7. The number of guanidine groups is 1. The Hall–Kier alpha value is -2.88. The molecule has 0 bridgehead atoms. The van der Waals surface area contributed by atoms with Crippen molar-refractivity contribution in [3.8, 4) is 0 Å². The normalized spacial score (nSPS) is 12.2. The van der Waals surface area contributed by atoms with Crippen LogP contribution in [0.2, 0.25) is 0 Å². The number of aliphatic imine (C=N–C) groups is 1. The van der Waals surface area contributed by atoms with Gasteiger partial charge in [0.25, 0.3) is 0 Å². The van der Waals surface area contributed by atoms with Crippen molar-refractivity contribution in [3.05, 3.63) is 70.2 Å². The molecule has 0 fully saturated rings. The number of imidazole rings is 1. The summed E-state index contributed by atoms with van der Waals surface area (Å²) in [4.78, 5) is 12.4. The van der Waals surface area contributed by atoms with Crippen molar-refractivity contribution in [2.45, 2.75) is 32.6 Å². The molecule has 0 amide bonds. The second kappa shape index (κ2) is 10.2. The Balaban J connectivity index is 1.55. The van der Waals surface area contributed by atoms with Gasteiger partial charge in [-0.1, -0.05) is 30.3 Å². The van der Waals surface area contributed by atoms with Crippen LogP contribution in [0.3, 0.4) is 0 Å². The van der Waals surface area contributed by atoms with Gasteiger partial charge in [-0.15, -0.1) is 11.3 Å². The molecule has 0 saturated heterocycles. The summed E-state index contributed by atoms with van der Waals surface area (Å²) < 4.78 is 40.1. The highest BCUT2D eigenvalue weighted by molar-refractivity contribution is 7.09. The minimum absolute atomic E-state index is 0.0821. The first-order valence-electron chi connectivity index (χ1n) is 9.53. The summed E-state index contributed by atoms with van der Waals surface area (Å²) >= 11 is 0.954. The molecule has 0 aliphatic heterocycles. The molecule has 160 valence electrons. The van der Waals surface area contributed by atoms with Gasteiger partial charge in [0.2, 0.25) is 0 Å². The number of rotatable bonds is 8. The van der Waals surface area contributed by atoms with Crippen LogP contribution >= 0.6 is 11.3 Å². The van der Waals surface area contributed by atoms with Crippen LogP contribution in [0.4, 0.5) is 13.2 Å². The third-order valence-electron chi connectivity index (χ3n) is 4.20. The van der Waals surface area contributed by atoms with E-state index in [1.54, 1.807) is 6.20 Å². The molecule has 3 rings (SSSR count). The van der Waals surface area contributed by atoms with Crippen molar-refractivity contribution < 1.29 is 13.2 Å². The van der Waals surface area contributed by atoms with Gasteiger partial charge in [0.05, 0.1) is 6.54 Å². The molecule has 10 heteroatoms. The SMILES string of the molecule is CCNC(=NCc1nc(C(F)(F)F)cs1)NCCc1nccn1Cc1ccccc1. The van der Waals surface area contributed by atoms with Gasteiger partial charge in [-0.3, -0.25) is 0 Å². The number of aromatic nitrogens is 3. The van der Waals surface area contributed by atoms with E-state index >= 15 is 0 Å². The van der Waals surface area contributed by atoms with Crippen molar-refractivity contribution in [1.29, 1.82) is 0 Å². The minimum Gasteiger partial charge on any atom is -0.357 e. The lowest BCUT2D eigenvalue weighted by atomic mass is 10.2. The Labute approximate surface area is 176 Å². The number of benzene rings is 1. The second-order valence-electron chi connectivity index (χ2n) is 6.45. The quantitative estimate of drug-likeness (QED) is 0.417. The maximum absolute atomic E-state index is 12.7. The third-order valence-corrected chi connectivity index (χ3v) is 5.03. The molecule has 30 heavy (non-hydrogen) atoms. The summed E-state index contributed by atoms with van der Waals surface area (Å²) in [5.74, 6) is 1.47. The van der Waals surface area contributed by atoms with Crippen LogP contribution in [0, 0.1) is 0 Å². The van der Waals surface area contributed by atoms with E-state index in [4.69, 9.17) is 0 Å². The topological polar surface area (TPSA) is 67.1 Å². The first-order chi connectivity index (χ1) is 14.5. The van der Waals surface area contributed by atoms with Crippen molar-refractivity contribution in [2.75, 3.05) is 13.1 Å². The van der Waals surface area contributed by atoms with E-state index in [2.05, 4.69) is 42.3 Å². The maximum Gasteiger partial charge on any atom is 0.434 e. The molecule has 2 heterocycles. The van der Waals surface area contributed by atoms with Gasteiger partial charge in [-0.2, -0.15) is 13.2 Å². The average molecular weight is 437 g/mol. The minimum atomic E-state index is -4.43. The molecular weight excluding hydrogens is 413 g/mol. The molecule has 6 nitrogen and oxygen atoms in total. The van der Waals surface area contributed by atoms with Crippen LogP contribution in [0.15, 0.2) is 53.1 Å². The van der Waals surface area contributed by atoms with Gasteiger partial charge < -0.3 is 15.2 Å². The van der Waals surface area contributed by atoms with Crippen molar-refractivity contribution in [2.24, 2.45) is 4.99 Å². The molecule has 0 radical (unpaired) electrons. The number of halogens is 3. The van der Waals surface area contributed by atoms with Crippen LogP contribution in [-0.4, -0.2) is 33.6 Å². The fourth-order valence-corrected chi connectivity index (χ4v) is 3.51. The molecule has 2 aromatic heterocycles. The van der Waals surface area contributed by atoms with Gasteiger partial charge in [0, 0.05) is 43.8 Å². The zero-order chi connectivity index (χ0) is 21.4. The average Bonchev–Trinajstić information content (AvgIpc) is 3.36. The Bertz CT molecular complexity index is 949. The molecule has 2 N–H and O–H groups in total. The molecule has 1 aromatic carbocycles. The van der Waals surface area contributed by atoms with Crippen molar-refractivity contribution in [1.82, 2.24) is 25.2 Å². The summed E-state index contributed by atoms with van der Waals surface area (Å²) in [7, 11) is 0. The molecule has 0 aliphatic carbocycles. The van der Waals surface area contributed by atoms with E-state index in [1.807, 2.05) is 31.3 Å². The highest BCUT2D eigenvalue weighted by Crippen LogP contribution is 2.30. The molecule has 0 spiro atoms. The summed E-state index contributed by atoms with van der Waals surface area (Å²) in [6.45, 7) is 3.98. The fraction of sp³-hybridized carbons (Fsp3) is 0.350. The fourth-order valence-electron chi connectivity index (χ4n) is 2.79. The van der Waals surface area contributed by atoms with Gasteiger partial charge in [-0.25, -0.2) is 15.0 Å². The van der Waals surface area contributed by atoms with Gasteiger partial charge in [-0.05, 0) is 12.5 Å². The number of alkyl halides is 3. The van der Waals surface area contributed by atoms with Crippen LogP contribution in [-0.2, 0) is 25.7 Å². The Morgan fingerprint density at radius 1 is 1.20 bits per heavy atom. The van der Waals surface area contributed by atoms with E-state index in [0.717, 1.165) is 29.1 Å². The molecule has 0 aliphatic rings. The van der Waals surface area contributed by atoms with E-state index in [-0.39, 0.29) is 6.54 Å². The zero-order valence-electron chi connectivity index (χ0n) is 16.5. The largest absolute Gasteiger partial charge is 0.434 e. The van der Waals surface area contributed by atoms with Crippen molar-refractivity contribution >= 4 is 17.3 Å². The van der Waals surface area contributed by atoms with E-state index in [9.17, 15) is 13.2 Å². The standard InChI is InChI=1S/C20H23F3N6S/c1-2-24-19(27-12-18-28-16(14-30-18)20(21,22)23)26-9-8-17-25-10-11-29(17)13-15-6-4-3-5-7-15/h3-7,10-11,14H,2,8-9,12-13H2,1H3,(H2,24,26,27). The molecular formula is C20H23F3N6S. The molecule has 0 unspecified atom stereocenters. The molecule has 0 saturated carbocycles. The lowest BCUT2D eigenvalue weighted by Crippen LogP contribution is -2.38. The first-order valence-corrected chi connectivity index (χ1v) is 10.4. The lowest BCUT2D eigenvalue weighted by molar-refractivity contribution is -0.140. The van der Waals surface area contributed by atoms with Crippen LogP contribution < -0.4 is 10.6 Å². The van der Waals surface area contributed by atoms with E-state index in [0.29, 0.717) is 30.5 Å². The number of thiazole rings is 1. The van der Waals surface area contributed by atoms with Crippen molar-refractivity contribution in [3.63, 3.8) is 0 Å². The Morgan fingerprint density at radius 2 is 2.00 bits per heavy atom. The predicted molar refractivity (Wildman–Crippen MR) is 111 cm³/mol. The monoisotopic (exact) mass is 436 g/mol. The number of nitrogens with one attached hydrogen (secondary N) is 2. The van der Waals surface area contributed by atoms with Gasteiger partial charge >= 0.3 is 6.18 Å². The number of hydrogen-bond acceptors (Lipinski definition) is 4. The summed E-state index contributed by atoms with van der Waals surface area (Å²) in [6.07, 6.45) is -0.0246. The van der Waals surface area contributed by atoms with E-state index < -0.39 is 11.9 Å². The van der Waals surface area contributed by atoms with Crippen LogP contribution in [0.1, 0.15) is 29.0 Å². The third kappa shape index (κ3) is 6.31. The van der Waals surface area contributed by atoms with E-state index in [1.165, 1.54) is 5.56 Å². The highest BCUT2D eigenvalue weighted by atomic mass is 32.1. The van der Waals surface area contributed by atoms with Crippen LogP contribution in [0.25, 0.3) is 0 Å². The Morgan fingerprint density at radius 3 is 2.70 bits per heavy atom. The van der Waals surface area contributed by atoms with Crippen LogP contribution in [0.5, 0.6) is 0 Å². The smallest absolute Gasteiger partial charge is 0.357 e. The second-order valence-corrected chi connectivity index (χ2v) is 7.40. The molecule has 0 atom stereocenters. The summed E-state index contributed by atoms with van der Waals surface area (Å²) in [6, 6.07) is 10.1. The Kier molecular flexibility index (Phi) is 7.45.